The van der Waals surface area contributed by atoms with Crippen molar-refractivity contribution < 1.29 is 14.3 Å². The Balaban J connectivity index is 1.16. The quantitative estimate of drug-likeness (QED) is 0.357. The molecular formula is C31H37N7O3. The van der Waals surface area contributed by atoms with E-state index in [0.29, 0.717) is 42.6 Å². The van der Waals surface area contributed by atoms with E-state index in [1.54, 1.807) is 6.20 Å². The second kappa shape index (κ2) is 9.56. The van der Waals surface area contributed by atoms with Crippen LogP contribution in [0.2, 0.25) is 0 Å². The summed E-state index contributed by atoms with van der Waals surface area (Å²) in [5.41, 5.74) is 3.38. The highest BCUT2D eigenvalue weighted by atomic mass is 16.6. The van der Waals surface area contributed by atoms with Crippen LogP contribution in [0.4, 0.5) is 4.79 Å². The van der Waals surface area contributed by atoms with E-state index in [1.807, 2.05) is 60.5 Å². The van der Waals surface area contributed by atoms with E-state index in [2.05, 4.69) is 21.7 Å². The number of carbonyl (C=O) groups is 2. The summed E-state index contributed by atoms with van der Waals surface area (Å²) in [4.78, 5) is 44.6. The average molecular weight is 556 g/mol. The van der Waals surface area contributed by atoms with Crippen LogP contribution in [0, 0.1) is 11.8 Å². The predicted octanol–water partition coefficient (Wildman–Crippen LogP) is 4.87. The molecule has 2 unspecified atom stereocenters. The van der Waals surface area contributed by atoms with Gasteiger partial charge in [-0.2, -0.15) is 0 Å². The van der Waals surface area contributed by atoms with Crippen molar-refractivity contribution in [3.63, 3.8) is 0 Å². The molecule has 10 heteroatoms. The van der Waals surface area contributed by atoms with Crippen LogP contribution in [0.5, 0.6) is 0 Å². The van der Waals surface area contributed by atoms with Gasteiger partial charge in [0.15, 0.2) is 11.5 Å². The number of aryl methyl sites for hydroxylation is 1. The van der Waals surface area contributed by atoms with Crippen LogP contribution in [0.3, 0.4) is 0 Å². The van der Waals surface area contributed by atoms with Crippen molar-refractivity contribution in [3.8, 4) is 11.5 Å². The van der Waals surface area contributed by atoms with Gasteiger partial charge in [-0.1, -0.05) is 0 Å². The standard InChI is InChI=1S/C31H37N7O3/c1-31(2,3)41-30(40)37-13-10-20-9-12-36(18-25(20)37)29(39)22-14-23-27(33-16-22)35(4)28(34-23)24-15-21-6-5-11-32-26(21)38(24)17-19-7-8-19/h5-6,11,14-16,19-20,25H,7-10,12-13,17-18H2,1-4H3. The van der Waals surface area contributed by atoms with Crippen molar-refractivity contribution in [2.45, 2.75) is 64.6 Å². The predicted molar refractivity (Wildman–Crippen MR) is 155 cm³/mol. The number of fused-ring (bicyclic) bond motifs is 3. The molecule has 3 aliphatic rings. The smallest absolute Gasteiger partial charge is 0.410 e. The van der Waals surface area contributed by atoms with E-state index >= 15 is 0 Å². The Morgan fingerprint density at radius 1 is 1.05 bits per heavy atom. The maximum absolute atomic E-state index is 13.7. The maximum Gasteiger partial charge on any atom is 0.410 e. The van der Waals surface area contributed by atoms with Crippen molar-refractivity contribution >= 4 is 34.2 Å². The third-order valence-electron chi connectivity index (χ3n) is 8.76. The summed E-state index contributed by atoms with van der Waals surface area (Å²) in [7, 11) is 1.97. The summed E-state index contributed by atoms with van der Waals surface area (Å²) in [6.07, 6.45) is 7.51. The highest BCUT2D eigenvalue weighted by molar-refractivity contribution is 5.97. The molecule has 3 fully saturated rings. The minimum Gasteiger partial charge on any atom is -0.444 e. The molecular weight excluding hydrogens is 518 g/mol. The van der Waals surface area contributed by atoms with Crippen LogP contribution >= 0.6 is 0 Å². The molecule has 1 saturated carbocycles. The fourth-order valence-corrected chi connectivity index (χ4v) is 6.49. The van der Waals surface area contributed by atoms with E-state index < -0.39 is 5.60 Å². The molecule has 0 radical (unpaired) electrons. The Labute approximate surface area is 239 Å². The second-order valence-corrected chi connectivity index (χ2v) is 12.9. The number of ether oxygens (including phenoxy) is 1. The summed E-state index contributed by atoms with van der Waals surface area (Å²) in [6, 6.07) is 8.03. The molecule has 2 aliphatic heterocycles. The molecule has 4 aromatic rings. The maximum atomic E-state index is 13.7. The Morgan fingerprint density at radius 2 is 1.85 bits per heavy atom. The largest absolute Gasteiger partial charge is 0.444 e. The Kier molecular flexibility index (Phi) is 6.06. The van der Waals surface area contributed by atoms with Crippen molar-refractivity contribution in [1.29, 1.82) is 0 Å². The average Bonchev–Trinajstić information content (AvgIpc) is 3.41. The monoisotopic (exact) mass is 555 g/mol. The third-order valence-corrected chi connectivity index (χ3v) is 8.76. The van der Waals surface area contributed by atoms with E-state index in [1.165, 1.54) is 12.8 Å². The SMILES string of the molecule is Cn1c(-c2cc3cccnc3n2CC2CC2)nc2cc(C(=O)N3CCC4CCN(C(=O)OC(C)(C)C)C4C3)cnc21. The number of hydrogen-bond donors (Lipinski definition) is 0. The first kappa shape index (κ1) is 26.0. The second-order valence-electron chi connectivity index (χ2n) is 12.9. The fraction of sp³-hybridized carbons (Fsp3) is 0.516. The Hall–Kier alpha value is -3.95. The lowest BCUT2D eigenvalue weighted by Gasteiger charge is -2.38. The van der Waals surface area contributed by atoms with Gasteiger partial charge >= 0.3 is 6.09 Å². The molecule has 0 bridgehead atoms. The number of carbonyl (C=O) groups excluding carboxylic acids is 2. The topological polar surface area (TPSA) is 98.4 Å². The molecule has 0 N–H and O–H groups in total. The van der Waals surface area contributed by atoms with Gasteiger partial charge in [0.1, 0.15) is 16.8 Å². The van der Waals surface area contributed by atoms with Gasteiger partial charge in [-0.15, -0.1) is 0 Å². The van der Waals surface area contributed by atoms with E-state index in [0.717, 1.165) is 47.6 Å². The number of imidazole rings is 1. The van der Waals surface area contributed by atoms with Crippen LogP contribution in [-0.2, 0) is 18.3 Å². The summed E-state index contributed by atoms with van der Waals surface area (Å²) >= 11 is 0. The molecule has 0 aromatic carbocycles. The fourth-order valence-electron chi connectivity index (χ4n) is 6.49. The first-order chi connectivity index (χ1) is 19.7. The van der Waals surface area contributed by atoms with Gasteiger partial charge in [-0.3, -0.25) is 4.79 Å². The Bertz CT molecular complexity index is 1660. The molecule has 2 atom stereocenters. The van der Waals surface area contributed by atoms with Gasteiger partial charge in [0, 0.05) is 51.0 Å². The van der Waals surface area contributed by atoms with Crippen molar-refractivity contribution in [2.24, 2.45) is 18.9 Å². The number of amides is 2. The number of likely N-dealkylation sites (tertiary alicyclic amines) is 2. The zero-order valence-corrected chi connectivity index (χ0v) is 24.2. The molecule has 214 valence electrons. The summed E-state index contributed by atoms with van der Waals surface area (Å²) in [5.74, 6) is 1.81. The van der Waals surface area contributed by atoms with Gasteiger partial charge < -0.3 is 23.7 Å². The molecule has 10 nitrogen and oxygen atoms in total. The normalized spacial score (nSPS) is 21.1. The summed E-state index contributed by atoms with van der Waals surface area (Å²) in [5, 5.41) is 1.09. The summed E-state index contributed by atoms with van der Waals surface area (Å²) in [6.45, 7) is 8.41. The van der Waals surface area contributed by atoms with Crippen LogP contribution in [0.25, 0.3) is 33.7 Å². The highest BCUT2D eigenvalue weighted by Crippen LogP contribution is 2.36. The molecule has 0 spiro atoms. The Morgan fingerprint density at radius 3 is 2.63 bits per heavy atom. The highest BCUT2D eigenvalue weighted by Gasteiger charge is 2.43. The number of rotatable bonds is 4. The first-order valence-electron chi connectivity index (χ1n) is 14.7. The molecule has 41 heavy (non-hydrogen) atoms. The van der Waals surface area contributed by atoms with Gasteiger partial charge in [-0.05, 0) is 82.6 Å². The lowest BCUT2D eigenvalue weighted by molar-refractivity contribution is 0.0122. The number of nitrogens with zero attached hydrogens (tertiary/aromatic N) is 7. The summed E-state index contributed by atoms with van der Waals surface area (Å²) < 4.78 is 9.94. The van der Waals surface area contributed by atoms with Gasteiger partial charge in [-0.25, -0.2) is 19.7 Å². The molecule has 7 rings (SSSR count). The third kappa shape index (κ3) is 4.73. The number of hydrogen-bond acceptors (Lipinski definition) is 6. The molecule has 2 saturated heterocycles. The van der Waals surface area contributed by atoms with Gasteiger partial charge in [0.2, 0.25) is 0 Å². The zero-order chi connectivity index (χ0) is 28.5. The van der Waals surface area contributed by atoms with Crippen molar-refractivity contribution in [3.05, 3.63) is 42.2 Å². The van der Waals surface area contributed by atoms with Crippen LogP contribution in [0.15, 0.2) is 36.7 Å². The number of aromatic nitrogens is 5. The van der Waals surface area contributed by atoms with Crippen LogP contribution in [-0.4, -0.2) is 77.2 Å². The molecule has 4 aromatic heterocycles. The van der Waals surface area contributed by atoms with E-state index in [9.17, 15) is 9.59 Å². The lowest BCUT2D eigenvalue weighted by Crippen LogP contribution is -2.52. The minimum absolute atomic E-state index is 0.0253. The zero-order valence-electron chi connectivity index (χ0n) is 24.2. The van der Waals surface area contributed by atoms with E-state index in [-0.39, 0.29) is 18.0 Å². The molecule has 2 amide bonds. The van der Waals surface area contributed by atoms with Crippen molar-refractivity contribution in [2.75, 3.05) is 19.6 Å². The molecule has 1 aliphatic carbocycles. The first-order valence-corrected chi connectivity index (χ1v) is 14.7. The lowest BCUT2D eigenvalue weighted by atomic mass is 9.92. The van der Waals surface area contributed by atoms with Crippen molar-refractivity contribution in [1.82, 2.24) is 33.9 Å². The van der Waals surface area contributed by atoms with Crippen LogP contribution < -0.4 is 0 Å². The minimum atomic E-state index is -0.551. The van der Waals surface area contributed by atoms with Gasteiger partial charge in [0.05, 0.1) is 17.3 Å². The van der Waals surface area contributed by atoms with Crippen LogP contribution in [0.1, 0.15) is 56.8 Å². The number of piperidine rings is 1. The van der Waals surface area contributed by atoms with E-state index in [4.69, 9.17) is 14.7 Å². The number of pyridine rings is 2. The molecule has 6 heterocycles. The van der Waals surface area contributed by atoms with Gasteiger partial charge in [0.25, 0.3) is 5.91 Å².